The molecule has 3 aromatic carbocycles. The summed E-state index contributed by atoms with van der Waals surface area (Å²) in [5.41, 5.74) is 0.448. The van der Waals surface area contributed by atoms with Crippen LogP contribution in [-0.2, 0) is 11.0 Å². The van der Waals surface area contributed by atoms with Gasteiger partial charge >= 0.3 is 6.18 Å². The summed E-state index contributed by atoms with van der Waals surface area (Å²) in [6.07, 6.45) is -3.43. The number of rotatable bonds is 5. The van der Waals surface area contributed by atoms with Crippen LogP contribution in [0.2, 0.25) is 0 Å². The number of aryl methyl sites for hydroxylation is 1. The van der Waals surface area contributed by atoms with Crippen molar-refractivity contribution < 1.29 is 22.8 Å². The van der Waals surface area contributed by atoms with Crippen LogP contribution in [0.25, 0.3) is 6.08 Å². The van der Waals surface area contributed by atoms with Crippen LogP contribution in [0.15, 0.2) is 78.4 Å². The average molecular weight is 449 g/mol. The average Bonchev–Trinajstić information content (AvgIpc) is 2.77. The Labute approximate surface area is 188 Å². The predicted octanol–water partition coefficient (Wildman–Crippen LogP) is 5.81. The predicted molar refractivity (Wildman–Crippen MR) is 119 cm³/mol. The highest BCUT2D eigenvalue weighted by Gasteiger charge is 2.33. The Morgan fingerprint density at radius 3 is 2.30 bits per heavy atom. The molecule has 2 amide bonds. The van der Waals surface area contributed by atoms with E-state index in [0.29, 0.717) is 16.8 Å². The van der Waals surface area contributed by atoms with E-state index in [9.17, 15) is 28.0 Å². The third-order valence-electron chi connectivity index (χ3n) is 4.61. The molecule has 0 spiro atoms. The van der Waals surface area contributed by atoms with Gasteiger partial charge in [-0.1, -0.05) is 42.0 Å². The van der Waals surface area contributed by atoms with Crippen LogP contribution in [0, 0.1) is 18.3 Å². The first-order valence-corrected chi connectivity index (χ1v) is 9.75. The smallest absolute Gasteiger partial charge is 0.322 e. The van der Waals surface area contributed by atoms with Gasteiger partial charge in [-0.05, 0) is 55.0 Å². The summed E-state index contributed by atoms with van der Waals surface area (Å²) in [6, 6.07) is 19.6. The summed E-state index contributed by atoms with van der Waals surface area (Å²) in [6.45, 7) is 1.90. The topological polar surface area (TPSA) is 82.0 Å². The molecule has 0 radical (unpaired) electrons. The zero-order chi connectivity index (χ0) is 24.0. The van der Waals surface area contributed by atoms with Gasteiger partial charge in [-0.3, -0.25) is 9.59 Å². The number of alkyl halides is 3. The Hall–Kier alpha value is -4.38. The van der Waals surface area contributed by atoms with E-state index < -0.39 is 28.9 Å². The van der Waals surface area contributed by atoms with Gasteiger partial charge in [-0.2, -0.15) is 18.4 Å². The van der Waals surface area contributed by atoms with Crippen LogP contribution >= 0.6 is 0 Å². The maximum absolute atomic E-state index is 13.2. The van der Waals surface area contributed by atoms with Crippen molar-refractivity contribution >= 4 is 29.3 Å². The molecular weight excluding hydrogens is 431 g/mol. The Morgan fingerprint density at radius 1 is 0.939 bits per heavy atom. The molecule has 3 aromatic rings. The molecule has 0 atom stereocenters. The van der Waals surface area contributed by atoms with Gasteiger partial charge < -0.3 is 10.6 Å². The molecule has 0 fully saturated rings. The number of nitrogens with one attached hydrogen (secondary N) is 2. The largest absolute Gasteiger partial charge is 0.418 e. The van der Waals surface area contributed by atoms with Crippen molar-refractivity contribution in [2.24, 2.45) is 0 Å². The monoisotopic (exact) mass is 449 g/mol. The molecule has 0 bridgehead atoms. The van der Waals surface area contributed by atoms with E-state index in [2.05, 4.69) is 10.6 Å². The highest BCUT2D eigenvalue weighted by atomic mass is 19.4. The zero-order valence-electron chi connectivity index (χ0n) is 17.4. The molecule has 0 unspecified atom stereocenters. The fourth-order valence-corrected chi connectivity index (χ4v) is 2.96. The van der Waals surface area contributed by atoms with Gasteiger partial charge in [-0.15, -0.1) is 0 Å². The quantitative estimate of drug-likeness (QED) is 0.381. The minimum absolute atomic E-state index is 0.335. The first-order valence-electron chi connectivity index (χ1n) is 9.75. The normalized spacial score (nSPS) is 11.4. The van der Waals surface area contributed by atoms with Crippen LogP contribution in [0.1, 0.15) is 27.0 Å². The van der Waals surface area contributed by atoms with Crippen molar-refractivity contribution in [3.63, 3.8) is 0 Å². The minimum atomic E-state index is -4.66. The second-order valence-corrected chi connectivity index (χ2v) is 7.11. The van der Waals surface area contributed by atoms with E-state index in [0.717, 1.165) is 17.7 Å². The second-order valence-electron chi connectivity index (χ2n) is 7.11. The molecule has 0 saturated heterocycles. The highest BCUT2D eigenvalue weighted by Crippen LogP contribution is 2.34. The van der Waals surface area contributed by atoms with E-state index in [-0.39, 0.29) is 5.91 Å². The van der Waals surface area contributed by atoms with Gasteiger partial charge in [0.15, 0.2) is 0 Å². The molecule has 5 nitrogen and oxygen atoms in total. The van der Waals surface area contributed by atoms with Crippen LogP contribution in [0.5, 0.6) is 0 Å². The van der Waals surface area contributed by atoms with Crippen LogP contribution in [-0.4, -0.2) is 11.8 Å². The van der Waals surface area contributed by atoms with E-state index in [1.807, 2.05) is 19.1 Å². The van der Waals surface area contributed by atoms with Crippen LogP contribution in [0.4, 0.5) is 24.5 Å². The molecule has 0 aliphatic carbocycles. The number of carbonyl (C=O) groups is 2. The SMILES string of the molecule is Cc1ccc(C(=O)Nc2cccc(/C=C(\C#N)C(=O)Nc3ccccc3C(F)(F)F)c2)cc1. The van der Waals surface area contributed by atoms with E-state index >= 15 is 0 Å². The number of benzene rings is 3. The van der Waals surface area contributed by atoms with Crippen molar-refractivity contribution in [2.75, 3.05) is 10.6 Å². The van der Waals surface area contributed by atoms with Crippen molar-refractivity contribution in [3.8, 4) is 6.07 Å². The lowest BCUT2D eigenvalue weighted by Gasteiger charge is -2.13. The number of hydrogen-bond acceptors (Lipinski definition) is 3. The van der Waals surface area contributed by atoms with Gasteiger partial charge in [0, 0.05) is 11.3 Å². The van der Waals surface area contributed by atoms with Gasteiger partial charge in [-0.25, -0.2) is 0 Å². The molecular formula is C25H18F3N3O2. The van der Waals surface area contributed by atoms with Gasteiger partial charge in [0.25, 0.3) is 11.8 Å². The molecule has 2 N–H and O–H groups in total. The fraction of sp³-hybridized carbons (Fsp3) is 0.0800. The lowest BCUT2D eigenvalue weighted by molar-refractivity contribution is -0.137. The Balaban J connectivity index is 1.79. The maximum atomic E-state index is 13.2. The number of halogens is 3. The minimum Gasteiger partial charge on any atom is -0.322 e. The summed E-state index contributed by atoms with van der Waals surface area (Å²) in [4.78, 5) is 24.9. The van der Waals surface area contributed by atoms with E-state index in [1.165, 1.54) is 18.2 Å². The third-order valence-corrected chi connectivity index (χ3v) is 4.61. The molecule has 0 aliphatic heterocycles. The summed E-state index contributed by atoms with van der Waals surface area (Å²) < 4.78 is 39.5. The van der Waals surface area contributed by atoms with Crippen molar-refractivity contribution in [3.05, 3.63) is 101 Å². The van der Waals surface area contributed by atoms with Crippen LogP contribution < -0.4 is 10.6 Å². The van der Waals surface area contributed by atoms with Crippen molar-refractivity contribution in [2.45, 2.75) is 13.1 Å². The summed E-state index contributed by atoms with van der Waals surface area (Å²) in [5, 5.41) is 14.2. The molecule has 0 saturated carbocycles. The highest BCUT2D eigenvalue weighted by molar-refractivity contribution is 6.10. The zero-order valence-corrected chi connectivity index (χ0v) is 17.4. The number of amides is 2. The molecule has 3 rings (SSSR count). The number of anilines is 2. The fourth-order valence-electron chi connectivity index (χ4n) is 2.96. The summed E-state index contributed by atoms with van der Waals surface area (Å²) in [5.74, 6) is -1.32. The van der Waals surface area contributed by atoms with Crippen molar-refractivity contribution in [1.82, 2.24) is 0 Å². The van der Waals surface area contributed by atoms with Crippen molar-refractivity contribution in [1.29, 1.82) is 5.26 Å². The Morgan fingerprint density at radius 2 is 1.64 bits per heavy atom. The first kappa shape index (κ1) is 23.3. The number of carbonyl (C=O) groups excluding carboxylic acids is 2. The van der Waals surface area contributed by atoms with Gasteiger partial charge in [0.2, 0.25) is 0 Å². The van der Waals surface area contributed by atoms with E-state index in [4.69, 9.17) is 0 Å². The summed E-state index contributed by atoms with van der Waals surface area (Å²) >= 11 is 0. The van der Waals surface area contributed by atoms with Gasteiger partial charge in [0.1, 0.15) is 11.6 Å². The lowest BCUT2D eigenvalue weighted by atomic mass is 10.1. The number of hydrogen-bond donors (Lipinski definition) is 2. The summed E-state index contributed by atoms with van der Waals surface area (Å²) in [7, 11) is 0. The molecule has 0 aliphatic rings. The Kier molecular flexibility index (Phi) is 6.94. The molecule has 33 heavy (non-hydrogen) atoms. The standard InChI is InChI=1S/C25H18F3N3O2/c1-16-9-11-18(12-10-16)23(32)30-20-6-4-5-17(14-20)13-19(15-29)24(33)31-22-8-3-2-7-21(22)25(26,27)28/h2-14H,1H3,(H,30,32)(H,31,33)/b19-13+. The van der Waals surface area contributed by atoms with E-state index in [1.54, 1.807) is 42.5 Å². The molecule has 166 valence electrons. The second kappa shape index (κ2) is 9.83. The number of nitrogens with zero attached hydrogens (tertiary/aromatic N) is 1. The van der Waals surface area contributed by atoms with Gasteiger partial charge in [0.05, 0.1) is 11.3 Å². The third kappa shape index (κ3) is 6.08. The first-order chi connectivity index (χ1) is 15.7. The molecule has 0 heterocycles. The number of para-hydroxylation sites is 1. The maximum Gasteiger partial charge on any atom is 0.418 e. The lowest BCUT2D eigenvalue weighted by Crippen LogP contribution is -2.17. The molecule has 0 aromatic heterocycles. The molecule has 8 heteroatoms. The van der Waals surface area contributed by atoms with Crippen LogP contribution in [0.3, 0.4) is 0 Å². The Bertz CT molecular complexity index is 1260. The number of nitriles is 1.